The predicted octanol–water partition coefficient (Wildman–Crippen LogP) is 3.23. The number of nitrogens with zero attached hydrogens (tertiary/aromatic N) is 3. The fourth-order valence-corrected chi connectivity index (χ4v) is 6.40. The molecule has 2 aliphatic carbocycles. The lowest BCUT2D eigenvalue weighted by molar-refractivity contribution is 0.125. The number of aromatic nitrogens is 1. The van der Waals surface area contributed by atoms with Crippen molar-refractivity contribution < 1.29 is 0 Å². The highest BCUT2D eigenvalue weighted by molar-refractivity contribution is 8.03. The Hall–Kier alpha value is -2.71. The van der Waals surface area contributed by atoms with Crippen molar-refractivity contribution in [2.75, 3.05) is 18.8 Å². The first-order valence-corrected chi connectivity index (χ1v) is 12.3. The van der Waals surface area contributed by atoms with E-state index in [1.54, 1.807) is 18.0 Å². The van der Waals surface area contributed by atoms with Gasteiger partial charge in [-0.15, -0.1) is 0 Å². The number of hydrogen-bond acceptors (Lipinski definition) is 8. The predicted molar refractivity (Wildman–Crippen MR) is 129 cm³/mol. The van der Waals surface area contributed by atoms with Gasteiger partial charge >= 0.3 is 0 Å². The van der Waals surface area contributed by atoms with E-state index in [2.05, 4.69) is 45.0 Å². The number of thioether (sulfide) groups is 1. The molecule has 3 heterocycles. The molecule has 166 valence electrons. The number of nitrogen functional groups attached to an aromatic ring is 1. The fourth-order valence-electron chi connectivity index (χ4n) is 5.44. The smallest absolute Gasteiger partial charge is 0.217 e. The van der Waals surface area contributed by atoms with Crippen LogP contribution in [0.15, 0.2) is 57.6 Å². The maximum absolute atomic E-state index is 6.72. The molecule has 2 fully saturated rings. The lowest BCUT2D eigenvalue weighted by atomic mass is 9.73. The molecule has 1 aromatic heterocycles. The molecule has 2 aliphatic heterocycles. The summed E-state index contributed by atoms with van der Waals surface area (Å²) < 4.78 is 0. The van der Waals surface area contributed by atoms with Gasteiger partial charge in [0.2, 0.25) is 5.96 Å². The van der Waals surface area contributed by atoms with Crippen LogP contribution in [0.3, 0.4) is 0 Å². The summed E-state index contributed by atoms with van der Waals surface area (Å²) in [6.45, 7) is 1.91. The number of benzene rings is 1. The topological polar surface area (TPSA) is 105 Å². The highest BCUT2D eigenvalue weighted by Crippen LogP contribution is 2.51. The molecule has 2 aromatic rings. The average Bonchev–Trinajstić information content (AvgIpc) is 3.61. The lowest BCUT2D eigenvalue weighted by Crippen LogP contribution is -2.53. The van der Waals surface area contributed by atoms with Crippen LogP contribution in [-0.4, -0.2) is 28.9 Å². The first-order chi connectivity index (χ1) is 15.6. The number of hydrazine groups is 1. The number of pyridine rings is 1. The van der Waals surface area contributed by atoms with Gasteiger partial charge in [-0.2, -0.15) is 0 Å². The molecule has 4 aliphatic rings. The highest BCUT2D eigenvalue weighted by Gasteiger charge is 2.46. The zero-order valence-electron chi connectivity index (χ0n) is 18.1. The molecule has 1 spiro atoms. The van der Waals surface area contributed by atoms with Crippen LogP contribution in [0.1, 0.15) is 54.3 Å². The molecule has 1 atom stereocenters. The van der Waals surface area contributed by atoms with Crippen molar-refractivity contribution in [3.8, 4) is 0 Å². The summed E-state index contributed by atoms with van der Waals surface area (Å²) in [5.41, 5.74) is 23.6. The molecular formula is C24H29N7S. The third kappa shape index (κ3) is 3.42. The summed E-state index contributed by atoms with van der Waals surface area (Å²) in [4.78, 5) is 12.5. The van der Waals surface area contributed by atoms with Crippen LogP contribution in [0.4, 0.5) is 5.82 Å². The van der Waals surface area contributed by atoms with E-state index in [1.165, 1.54) is 29.5 Å². The molecule has 1 aromatic carbocycles. The molecule has 0 bridgehead atoms. The maximum atomic E-state index is 6.72. The third-order valence-electron chi connectivity index (χ3n) is 7.44. The number of fused-ring (bicyclic) bond motifs is 1. The van der Waals surface area contributed by atoms with Gasteiger partial charge in [-0.05, 0) is 60.6 Å². The minimum Gasteiger partial charge on any atom is -0.383 e. The Balaban J connectivity index is 1.12. The summed E-state index contributed by atoms with van der Waals surface area (Å²) in [5.74, 6) is 2.08. The van der Waals surface area contributed by atoms with E-state index in [0.717, 1.165) is 48.2 Å². The molecule has 0 unspecified atom stereocenters. The number of nitrogens with one attached hydrogen (secondary N) is 2. The number of rotatable bonds is 3. The minimum absolute atomic E-state index is 0.136. The number of anilines is 1. The molecular weight excluding hydrogens is 418 g/mol. The first-order valence-electron chi connectivity index (χ1n) is 11.4. The SMILES string of the molecule is Nc1nccc(SC2=CN=C(N3CCC4(CC3)Cc3ccccc3[C@H]4N)NN2)c1C1CC1. The zero-order chi connectivity index (χ0) is 21.7. The molecule has 32 heavy (non-hydrogen) atoms. The van der Waals surface area contributed by atoms with Gasteiger partial charge in [-0.1, -0.05) is 36.0 Å². The van der Waals surface area contributed by atoms with Gasteiger partial charge in [0.25, 0.3) is 0 Å². The molecule has 1 saturated heterocycles. The Kier molecular flexibility index (Phi) is 4.80. The van der Waals surface area contributed by atoms with Crippen LogP contribution >= 0.6 is 11.8 Å². The van der Waals surface area contributed by atoms with E-state index in [0.29, 0.717) is 11.7 Å². The Morgan fingerprint density at radius 1 is 1.09 bits per heavy atom. The van der Waals surface area contributed by atoms with E-state index in [4.69, 9.17) is 16.5 Å². The van der Waals surface area contributed by atoms with Crippen molar-refractivity contribution in [3.63, 3.8) is 0 Å². The quantitative estimate of drug-likeness (QED) is 0.573. The highest BCUT2D eigenvalue weighted by atomic mass is 32.2. The number of likely N-dealkylation sites (tertiary alicyclic amines) is 1. The number of aliphatic imine (C=N–C) groups is 1. The Morgan fingerprint density at radius 2 is 1.91 bits per heavy atom. The molecule has 6 N–H and O–H groups in total. The van der Waals surface area contributed by atoms with Crippen LogP contribution in [0.2, 0.25) is 0 Å². The number of nitrogens with two attached hydrogens (primary N) is 2. The summed E-state index contributed by atoms with van der Waals surface area (Å²) in [6, 6.07) is 10.9. The zero-order valence-corrected chi connectivity index (χ0v) is 18.9. The van der Waals surface area contributed by atoms with Gasteiger partial charge in [0.05, 0.1) is 6.20 Å². The summed E-state index contributed by atoms with van der Waals surface area (Å²) >= 11 is 1.66. The van der Waals surface area contributed by atoms with Gasteiger partial charge in [-0.3, -0.25) is 10.9 Å². The molecule has 8 heteroatoms. The summed E-state index contributed by atoms with van der Waals surface area (Å²) in [6.07, 6.45) is 9.33. The fraction of sp³-hybridized carbons (Fsp3) is 0.417. The Bertz CT molecular complexity index is 1100. The molecule has 0 radical (unpaired) electrons. The van der Waals surface area contributed by atoms with Gasteiger partial charge in [0, 0.05) is 35.8 Å². The molecule has 6 rings (SSSR count). The van der Waals surface area contributed by atoms with Crippen LogP contribution in [0.25, 0.3) is 0 Å². The number of guanidine groups is 1. The molecule has 7 nitrogen and oxygen atoms in total. The standard InChI is InChI=1S/C24H29N7S/c25-21-17-4-2-1-3-16(17)13-24(21)8-11-31(12-9-24)23-28-14-19(29-30-23)32-18-7-10-27-22(26)20(18)15-5-6-15/h1-4,7,10,14-15,21,29H,5-6,8-9,11-13,25H2,(H2,26,27)(H,28,30)/t21-/m1/s1. The molecule has 1 saturated carbocycles. The average molecular weight is 448 g/mol. The van der Waals surface area contributed by atoms with Crippen molar-refractivity contribution >= 4 is 23.5 Å². The van der Waals surface area contributed by atoms with E-state index in [-0.39, 0.29) is 11.5 Å². The summed E-state index contributed by atoms with van der Waals surface area (Å²) in [7, 11) is 0. The Labute approximate surface area is 192 Å². The lowest BCUT2D eigenvalue weighted by Gasteiger charge is -2.43. The normalized spacial score (nSPS) is 23.8. The van der Waals surface area contributed by atoms with Crippen LogP contribution in [0, 0.1) is 5.41 Å². The third-order valence-corrected chi connectivity index (χ3v) is 8.44. The minimum atomic E-state index is 0.136. The van der Waals surface area contributed by atoms with Crippen molar-refractivity contribution in [3.05, 3.63) is 64.4 Å². The van der Waals surface area contributed by atoms with Gasteiger partial charge in [0.15, 0.2) is 0 Å². The second kappa shape index (κ2) is 7.71. The number of piperidine rings is 1. The van der Waals surface area contributed by atoms with Crippen LogP contribution in [-0.2, 0) is 6.42 Å². The van der Waals surface area contributed by atoms with E-state index >= 15 is 0 Å². The van der Waals surface area contributed by atoms with Crippen molar-refractivity contribution in [1.82, 2.24) is 20.7 Å². The first kappa shape index (κ1) is 19.9. The van der Waals surface area contributed by atoms with E-state index in [9.17, 15) is 0 Å². The largest absolute Gasteiger partial charge is 0.383 e. The summed E-state index contributed by atoms with van der Waals surface area (Å²) in [5, 5.41) is 0.961. The van der Waals surface area contributed by atoms with Crippen molar-refractivity contribution in [2.24, 2.45) is 16.1 Å². The van der Waals surface area contributed by atoms with Gasteiger partial charge in [0.1, 0.15) is 10.8 Å². The van der Waals surface area contributed by atoms with Crippen molar-refractivity contribution in [1.29, 1.82) is 0 Å². The molecule has 0 amide bonds. The van der Waals surface area contributed by atoms with E-state index < -0.39 is 0 Å². The second-order valence-corrected chi connectivity index (χ2v) is 10.5. The second-order valence-electron chi connectivity index (χ2n) is 9.38. The Morgan fingerprint density at radius 3 is 2.62 bits per heavy atom. The van der Waals surface area contributed by atoms with Crippen molar-refractivity contribution in [2.45, 2.75) is 49.0 Å². The van der Waals surface area contributed by atoms with Crippen LogP contribution in [0.5, 0.6) is 0 Å². The monoisotopic (exact) mass is 447 g/mol. The number of hydrogen-bond donors (Lipinski definition) is 4. The van der Waals surface area contributed by atoms with Gasteiger partial charge in [-0.25, -0.2) is 9.98 Å². The van der Waals surface area contributed by atoms with Crippen LogP contribution < -0.4 is 22.3 Å². The van der Waals surface area contributed by atoms with E-state index in [1.807, 2.05) is 12.3 Å². The maximum Gasteiger partial charge on any atom is 0.217 e. The van der Waals surface area contributed by atoms with Gasteiger partial charge < -0.3 is 16.4 Å².